The van der Waals surface area contributed by atoms with Crippen LogP contribution in [0.2, 0.25) is 0 Å². The summed E-state index contributed by atoms with van der Waals surface area (Å²) in [7, 11) is 0. The number of para-hydroxylation sites is 2. The van der Waals surface area contributed by atoms with Gasteiger partial charge in [-0.25, -0.2) is 0 Å². The molecule has 2 atom stereocenters. The van der Waals surface area contributed by atoms with Crippen LogP contribution in [0, 0.1) is 5.92 Å². The predicted octanol–water partition coefficient (Wildman–Crippen LogP) is 0.981. The van der Waals surface area contributed by atoms with Crippen LogP contribution >= 0.6 is 0 Å². The Morgan fingerprint density at radius 2 is 2.27 bits per heavy atom. The highest BCUT2D eigenvalue weighted by Gasteiger charge is 2.31. The van der Waals surface area contributed by atoms with E-state index in [-0.39, 0.29) is 11.8 Å². The van der Waals surface area contributed by atoms with Gasteiger partial charge in [-0.3, -0.25) is 4.79 Å². The van der Waals surface area contributed by atoms with Crippen LogP contribution in [-0.2, 0) is 4.79 Å². The molecule has 1 heterocycles. The Bertz CT molecular complexity index is 379. The van der Waals surface area contributed by atoms with E-state index < -0.39 is 6.10 Å². The summed E-state index contributed by atoms with van der Waals surface area (Å²) in [6.07, 6.45) is -0.482. The van der Waals surface area contributed by atoms with Gasteiger partial charge in [-0.2, -0.15) is 0 Å². The second kappa shape index (κ2) is 3.90. The molecule has 80 valence electrons. The van der Waals surface area contributed by atoms with E-state index in [1.54, 1.807) is 0 Å². The second-order valence-electron chi connectivity index (χ2n) is 3.74. The third kappa shape index (κ3) is 1.80. The molecule has 15 heavy (non-hydrogen) atoms. The average Bonchev–Trinajstić information content (AvgIpc) is 2.27. The van der Waals surface area contributed by atoms with Gasteiger partial charge in [0.1, 0.15) is 5.75 Å². The highest BCUT2D eigenvalue weighted by molar-refractivity contribution is 5.97. The first-order valence-corrected chi connectivity index (χ1v) is 4.99. The fourth-order valence-corrected chi connectivity index (χ4v) is 1.57. The summed E-state index contributed by atoms with van der Waals surface area (Å²) in [5, 5.41) is 2.81. The number of amides is 1. The summed E-state index contributed by atoms with van der Waals surface area (Å²) in [5.41, 5.74) is 6.25. The lowest BCUT2D eigenvalue weighted by Crippen LogP contribution is -2.43. The van der Waals surface area contributed by atoms with Crippen LogP contribution in [0.15, 0.2) is 24.3 Å². The van der Waals surface area contributed by atoms with Gasteiger partial charge < -0.3 is 15.8 Å². The summed E-state index contributed by atoms with van der Waals surface area (Å²) in [6, 6.07) is 7.39. The van der Waals surface area contributed by atoms with Gasteiger partial charge >= 0.3 is 0 Å². The largest absolute Gasteiger partial charge is 0.478 e. The third-order valence-electron chi connectivity index (χ3n) is 2.55. The third-order valence-corrected chi connectivity index (χ3v) is 2.55. The molecule has 4 nitrogen and oxygen atoms in total. The standard InChI is InChI=1S/C11H14N2O2/c1-7(6-12)10-11(14)13-8-4-2-3-5-9(8)15-10/h2-5,7,10H,6,12H2,1H3,(H,13,14). The molecule has 0 saturated heterocycles. The summed E-state index contributed by atoms with van der Waals surface area (Å²) < 4.78 is 5.60. The molecule has 1 aliphatic heterocycles. The van der Waals surface area contributed by atoms with Gasteiger partial charge in [0.15, 0.2) is 6.10 Å². The summed E-state index contributed by atoms with van der Waals surface area (Å²) in [4.78, 5) is 11.7. The van der Waals surface area contributed by atoms with Crippen molar-refractivity contribution in [3.63, 3.8) is 0 Å². The SMILES string of the molecule is CC(CN)C1Oc2ccccc2NC1=O. The first-order chi connectivity index (χ1) is 7.22. The Morgan fingerprint density at radius 3 is 3.00 bits per heavy atom. The zero-order valence-electron chi connectivity index (χ0n) is 8.57. The van der Waals surface area contributed by atoms with Crippen molar-refractivity contribution in [1.82, 2.24) is 0 Å². The van der Waals surface area contributed by atoms with E-state index in [9.17, 15) is 4.79 Å². The fraction of sp³-hybridized carbons (Fsp3) is 0.364. The number of hydrogen-bond acceptors (Lipinski definition) is 3. The number of carbonyl (C=O) groups excluding carboxylic acids is 1. The number of nitrogens with two attached hydrogens (primary N) is 1. The van der Waals surface area contributed by atoms with Crippen LogP contribution < -0.4 is 15.8 Å². The Hall–Kier alpha value is -1.55. The highest BCUT2D eigenvalue weighted by atomic mass is 16.5. The average molecular weight is 206 g/mol. The Kier molecular flexibility index (Phi) is 2.60. The molecule has 0 saturated carbocycles. The minimum atomic E-state index is -0.482. The molecule has 0 bridgehead atoms. The smallest absolute Gasteiger partial charge is 0.265 e. The molecule has 0 aliphatic carbocycles. The number of nitrogens with one attached hydrogen (secondary N) is 1. The van der Waals surface area contributed by atoms with Gasteiger partial charge in [0.25, 0.3) is 5.91 Å². The molecule has 1 aromatic rings. The van der Waals surface area contributed by atoms with Crippen molar-refractivity contribution in [2.75, 3.05) is 11.9 Å². The van der Waals surface area contributed by atoms with Gasteiger partial charge in [0, 0.05) is 5.92 Å². The molecule has 2 rings (SSSR count). The van der Waals surface area contributed by atoms with Crippen molar-refractivity contribution < 1.29 is 9.53 Å². The molecular formula is C11H14N2O2. The second-order valence-corrected chi connectivity index (χ2v) is 3.74. The predicted molar refractivity (Wildman–Crippen MR) is 57.7 cm³/mol. The van der Waals surface area contributed by atoms with Crippen LogP contribution in [0.4, 0.5) is 5.69 Å². The maximum absolute atomic E-state index is 11.7. The number of benzene rings is 1. The van der Waals surface area contributed by atoms with Crippen molar-refractivity contribution in [1.29, 1.82) is 0 Å². The van der Waals surface area contributed by atoms with E-state index in [4.69, 9.17) is 10.5 Å². The van der Waals surface area contributed by atoms with E-state index in [0.29, 0.717) is 12.3 Å². The molecule has 4 heteroatoms. The van der Waals surface area contributed by atoms with Crippen LogP contribution in [0.3, 0.4) is 0 Å². The molecule has 2 unspecified atom stereocenters. The summed E-state index contributed by atoms with van der Waals surface area (Å²) in [5.74, 6) is 0.604. The number of anilines is 1. The first-order valence-electron chi connectivity index (χ1n) is 4.99. The Morgan fingerprint density at radius 1 is 1.53 bits per heavy atom. The van der Waals surface area contributed by atoms with E-state index in [0.717, 1.165) is 5.69 Å². The molecule has 3 N–H and O–H groups in total. The van der Waals surface area contributed by atoms with Crippen molar-refractivity contribution in [2.45, 2.75) is 13.0 Å². The molecule has 0 aromatic heterocycles. The zero-order valence-corrected chi connectivity index (χ0v) is 8.57. The van der Waals surface area contributed by atoms with Crippen LogP contribution in [-0.4, -0.2) is 18.6 Å². The lowest BCUT2D eigenvalue weighted by molar-refractivity contribution is -0.125. The monoisotopic (exact) mass is 206 g/mol. The molecule has 1 aromatic carbocycles. The zero-order chi connectivity index (χ0) is 10.8. The van der Waals surface area contributed by atoms with E-state index in [1.165, 1.54) is 0 Å². The molecule has 0 fully saturated rings. The Labute approximate surface area is 88.4 Å². The van der Waals surface area contributed by atoms with Gasteiger partial charge in [0.05, 0.1) is 5.69 Å². The lowest BCUT2D eigenvalue weighted by atomic mass is 10.0. The minimum Gasteiger partial charge on any atom is -0.478 e. The number of rotatable bonds is 2. The van der Waals surface area contributed by atoms with Crippen LogP contribution in [0.25, 0.3) is 0 Å². The highest BCUT2D eigenvalue weighted by Crippen LogP contribution is 2.30. The van der Waals surface area contributed by atoms with Gasteiger partial charge in [0.2, 0.25) is 0 Å². The fourth-order valence-electron chi connectivity index (χ4n) is 1.57. The van der Waals surface area contributed by atoms with E-state index in [1.807, 2.05) is 31.2 Å². The van der Waals surface area contributed by atoms with Crippen molar-refractivity contribution >= 4 is 11.6 Å². The van der Waals surface area contributed by atoms with Gasteiger partial charge in [-0.05, 0) is 18.7 Å². The minimum absolute atomic E-state index is 0.0124. The van der Waals surface area contributed by atoms with Crippen LogP contribution in [0.5, 0.6) is 5.75 Å². The van der Waals surface area contributed by atoms with Gasteiger partial charge in [-0.15, -0.1) is 0 Å². The van der Waals surface area contributed by atoms with Crippen molar-refractivity contribution in [3.05, 3.63) is 24.3 Å². The molecule has 1 aliphatic rings. The Balaban J connectivity index is 2.26. The van der Waals surface area contributed by atoms with Crippen molar-refractivity contribution in [3.8, 4) is 5.75 Å². The number of carbonyl (C=O) groups is 1. The molecule has 0 radical (unpaired) electrons. The maximum Gasteiger partial charge on any atom is 0.265 e. The quantitative estimate of drug-likeness (QED) is 0.758. The van der Waals surface area contributed by atoms with E-state index in [2.05, 4.69) is 5.32 Å². The first kappa shape index (κ1) is 9.98. The number of ether oxygens (including phenoxy) is 1. The van der Waals surface area contributed by atoms with E-state index >= 15 is 0 Å². The summed E-state index contributed by atoms with van der Waals surface area (Å²) >= 11 is 0. The number of hydrogen-bond donors (Lipinski definition) is 2. The molecule has 0 spiro atoms. The molecule has 1 amide bonds. The number of fused-ring (bicyclic) bond motifs is 1. The van der Waals surface area contributed by atoms with Crippen molar-refractivity contribution in [2.24, 2.45) is 11.7 Å². The lowest BCUT2D eigenvalue weighted by Gasteiger charge is -2.28. The van der Waals surface area contributed by atoms with Gasteiger partial charge in [-0.1, -0.05) is 19.1 Å². The maximum atomic E-state index is 11.7. The molecular weight excluding hydrogens is 192 g/mol. The van der Waals surface area contributed by atoms with Crippen LogP contribution in [0.1, 0.15) is 6.92 Å². The normalized spacial score (nSPS) is 21.2. The summed E-state index contributed by atoms with van der Waals surface area (Å²) in [6.45, 7) is 2.33. The topological polar surface area (TPSA) is 64.3 Å².